The number of carbonyl (C=O) groups is 1. The summed E-state index contributed by atoms with van der Waals surface area (Å²) in [7, 11) is 0. The molecule has 3 rings (SSSR count). The van der Waals surface area contributed by atoms with Gasteiger partial charge in [0.05, 0.1) is 41.2 Å². The van der Waals surface area contributed by atoms with Crippen LogP contribution in [0.25, 0.3) is 10.8 Å². The summed E-state index contributed by atoms with van der Waals surface area (Å²) < 4.78 is 6.58. The number of carbonyl (C=O) groups excluding carboxylic acids is 1. The number of aryl methyl sites for hydroxylation is 1. The van der Waals surface area contributed by atoms with E-state index in [-0.39, 0.29) is 24.4 Å². The number of hydrogen-bond acceptors (Lipinski definition) is 5. The fourth-order valence-corrected chi connectivity index (χ4v) is 2.81. The number of nitrogens with zero attached hydrogens (tertiary/aromatic N) is 2. The molecule has 0 spiro atoms. The van der Waals surface area contributed by atoms with Crippen molar-refractivity contribution in [1.82, 2.24) is 9.78 Å². The summed E-state index contributed by atoms with van der Waals surface area (Å²) in [5, 5.41) is 14.8. The molecule has 2 N–H and O–H groups in total. The summed E-state index contributed by atoms with van der Waals surface area (Å²) in [6, 6.07) is 13.2. The van der Waals surface area contributed by atoms with Gasteiger partial charge in [-0.1, -0.05) is 12.1 Å². The Balaban J connectivity index is 1.78. The van der Waals surface area contributed by atoms with Crippen LogP contribution < -0.4 is 21.2 Å². The van der Waals surface area contributed by atoms with Gasteiger partial charge in [-0.15, -0.1) is 0 Å². The third-order valence-electron chi connectivity index (χ3n) is 4.13. The van der Waals surface area contributed by atoms with Crippen molar-refractivity contribution in [3.05, 3.63) is 68.7 Å². The number of nitrogens with one attached hydrogen (secondary N) is 2. The van der Waals surface area contributed by atoms with Gasteiger partial charge >= 0.3 is 0 Å². The number of aromatic nitrogens is 2. The molecule has 28 heavy (non-hydrogen) atoms. The van der Waals surface area contributed by atoms with Gasteiger partial charge in [0.1, 0.15) is 5.75 Å². The SMILES string of the molecule is CCOc1ccc(C#N)cc1NC(=O)CCn1[nH]c(=O)c2ccccc2c1=O. The maximum absolute atomic E-state index is 12.5. The second kappa shape index (κ2) is 8.22. The second-order valence-electron chi connectivity index (χ2n) is 6.00. The Labute approximate surface area is 160 Å². The fraction of sp³-hybridized carbons (Fsp3) is 0.200. The number of amides is 1. The minimum atomic E-state index is -0.393. The number of rotatable bonds is 6. The maximum Gasteiger partial charge on any atom is 0.273 e. The van der Waals surface area contributed by atoms with Crippen LogP contribution in [0.1, 0.15) is 18.9 Å². The Morgan fingerprint density at radius 2 is 1.96 bits per heavy atom. The highest BCUT2D eigenvalue weighted by atomic mass is 16.5. The van der Waals surface area contributed by atoms with Crippen LogP contribution in [0.5, 0.6) is 5.75 Å². The van der Waals surface area contributed by atoms with Gasteiger partial charge in [-0.3, -0.25) is 19.5 Å². The minimum absolute atomic E-state index is 0.00660. The molecule has 0 unspecified atom stereocenters. The quantitative estimate of drug-likeness (QED) is 0.680. The Morgan fingerprint density at radius 3 is 2.68 bits per heavy atom. The highest BCUT2D eigenvalue weighted by Gasteiger charge is 2.11. The fourth-order valence-electron chi connectivity index (χ4n) is 2.81. The molecule has 0 aliphatic rings. The molecule has 0 atom stereocenters. The molecular formula is C20H18N4O4. The Morgan fingerprint density at radius 1 is 1.21 bits per heavy atom. The van der Waals surface area contributed by atoms with E-state index in [1.807, 2.05) is 13.0 Å². The van der Waals surface area contributed by atoms with Crippen LogP contribution in [0.2, 0.25) is 0 Å². The molecule has 0 saturated carbocycles. The minimum Gasteiger partial charge on any atom is -0.492 e. The van der Waals surface area contributed by atoms with Crippen molar-refractivity contribution in [2.45, 2.75) is 19.9 Å². The molecule has 1 heterocycles. The van der Waals surface area contributed by atoms with Gasteiger partial charge in [-0.25, -0.2) is 4.68 Å². The van der Waals surface area contributed by atoms with Gasteiger partial charge in [0.15, 0.2) is 0 Å². The number of nitriles is 1. The molecule has 0 aliphatic carbocycles. The number of fused-ring (bicyclic) bond motifs is 1. The number of hydrogen-bond donors (Lipinski definition) is 2. The highest BCUT2D eigenvalue weighted by Crippen LogP contribution is 2.25. The van der Waals surface area contributed by atoms with Gasteiger partial charge in [0.25, 0.3) is 11.1 Å². The van der Waals surface area contributed by atoms with Gasteiger partial charge in [0, 0.05) is 6.42 Å². The van der Waals surface area contributed by atoms with Crippen LogP contribution in [0, 0.1) is 11.3 Å². The summed E-state index contributed by atoms with van der Waals surface area (Å²) in [6.07, 6.45) is -0.0451. The zero-order valence-corrected chi connectivity index (χ0v) is 15.2. The smallest absolute Gasteiger partial charge is 0.273 e. The molecule has 0 saturated heterocycles. The van der Waals surface area contributed by atoms with E-state index in [1.165, 1.54) is 6.07 Å². The molecule has 8 nitrogen and oxygen atoms in total. The van der Waals surface area contributed by atoms with Crippen molar-refractivity contribution in [3.63, 3.8) is 0 Å². The first-order valence-electron chi connectivity index (χ1n) is 8.72. The third kappa shape index (κ3) is 3.94. The molecule has 2 aromatic carbocycles. The molecule has 0 aliphatic heterocycles. The summed E-state index contributed by atoms with van der Waals surface area (Å²) in [6.45, 7) is 2.22. The zero-order valence-electron chi connectivity index (χ0n) is 15.2. The van der Waals surface area contributed by atoms with Gasteiger partial charge in [-0.05, 0) is 37.3 Å². The van der Waals surface area contributed by atoms with Gasteiger partial charge in [-0.2, -0.15) is 5.26 Å². The van der Waals surface area contributed by atoms with E-state index in [0.717, 1.165) is 4.68 Å². The lowest BCUT2D eigenvalue weighted by molar-refractivity contribution is -0.116. The van der Waals surface area contributed by atoms with Crippen molar-refractivity contribution < 1.29 is 9.53 Å². The predicted molar refractivity (Wildman–Crippen MR) is 104 cm³/mol. The van der Waals surface area contributed by atoms with Gasteiger partial charge in [0.2, 0.25) is 5.91 Å². The number of anilines is 1. The molecule has 3 aromatic rings. The molecule has 1 aromatic heterocycles. The van der Waals surface area contributed by atoms with E-state index in [1.54, 1.807) is 36.4 Å². The number of aromatic amines is 1. The Hall–Kier alpha value is -3.86. The van der Waals surface area contributed by atoms with E-state index < -0.39 is 5.56 Å². The van der Waals surface area contributed by atoms with Crippen molar-refractivity contribution in [2.24, 2.45) is 0 Å². The second-order valence-corrected chi connectivity index (χ2v) is 6.00. The van der Waals surface area contributed by atoms with Crippen molar-refractivity contribution in [1.29, 1.82) is 5.26 Å². The van der Waals surface area contributed by atoms with Crippen LogP contribution in [-0.4, -0.2) is 22.3 Å². The van der Waals surface area contributed by atoms with Crippen molar-refractivity contribution in [3.8, 4) is 11.8 Å². The van der Waals surface area contributed by atoms with E-state index in [9.17, 15) is 14.4 Å². The summed E-state index contributed by atoms with van der Waals surface area (Å²) in [5.41, 5.74) is -0.000437. The topological polar surface area (TPSA) is 117 Å². The molecule has 0 fully saturated rings. The number of ether oxygens (including phenoxy) is 1. The zero-order chi connectivity index (χ0) is 20.1. The maximum atomic E-state index is 12.5. The lowest BCUT2D eigenvalue weighted by atomic mass is 10.2. The van der Waals surface area contributed by atoms with Crippen LogP contribution in [0.15, 0.2) is 52.1 Å². The lowest BCUT2D eigenvalue weighted by Gasteiger charge is -2.12. The van der Waals surface area contributed by atoms with Gasteiger partial charge < -0.3 is 10.1 Å². The summed E-state index contributed by atoms with van der Waals surface area (Å²) >= 11 is 0. The van der Waals surface area contributed by atoms with E-state index >= 15 is 0 Å². The molecule has 8 heteroatoms. The molecule has 1 amide bonds. The molecule has 0 bridgehead atoms. The number of H-pyrrole nitrogens is 1. The predicted octanol–water partition coefficient (Wildman–Crippen LogP) is 1.99. The van der Waals surface area contributed by atoms with Crippen LogP contribution >= 0.6 is 0 Å². The summed E-state index contributed by atoms with van der Waals surface area (Å²) in [4.78, 5) is 36.9. The van der Waals surface area contributed by atoms with Crippen molar-refractivity contribution in [2.75, 3.05) is 11.9 Å². The largest absolute Gasteiger partial charge is 0.492 e. The third-order valence-corrected chi connectivity index (χ3v) is 4.13. The normalized spacial score (nSPS) is 10.4. The highest BCUT2D eigenvalue weighted by molar-refractivity contribution is 5.92. The monoisotopic (exact) mass is 378 g/mol. The molecule has 0 radical (unpaired) electrons. The first-order valence-corrected chi connectivity index (χ1v) is 8.72. The van der Waals surface area contributed by atoms with Crippen molar-refractivity contribution >= 4 is 22.4 Å². The average molecular weight is 378 g/mol. The molecule has 142 valence electrons. The first kappa shape index (κ1) is 18.9. The Bertz CT molecular complexity index is 1190. The summed E-state index contributed by atoms with van der Waals surface area (Å²) in [5.74, 6) is 0.0723. The van der Waals surface area contributed by atoms with Crippen LogP contribution in [-0.2, 0) is 11.3 Å². The van der Waals surface area contributed by atoms with Crippen LogP contribution in [0.3, 0.4) is 0 Å². The molecular weight excluding hydrogens is 360 g/mol. The average Bonchev–Trinajstić information content (AvgIpc) is 2.71. The van der Waals surface area contributed by atoms with E-state index in [0.29, 0.717) is 34.4 Å². The standard InChI is InChI=1S/C20H18N4O4/c1-2-28-17-8-7-13(12-21)11-16(17)22-18(25)9-10-24-20(27)15-6-4-3-5-14(15)19(26)23-24/h3-8,11H,2,9-10H2,1H3,(H,22,25)(H,23,26). The first-order chi connectivity index (χ1) is 13.5. The van der Waals surface area contributed by atoms with E-state index in [4.69, 9.17) is 10.00 Å². The Kier molecular flexibility index (Phi) is 5.56. The van der Waals surface area contributed by atoms with Crippen LogP contribution in [0.4, 0.5) is 5.69 Å². The lowest BCUT2D eigenvalue weighted by Crippen LogP contribution is -2.31. The number of benzene rings is 2. The van der Waals surface area contributed by atoms with E-state index in [2.05, 4.69) is 10.4 Å².